The molecule has 114 valence electrons. The fourth-order valence-electron chi connectivity index (χ4n) is 2.51. The first-order valence-corrected chi connectivity index (χ1v) is 6.72. The molecule has 2 N–H and O–H groups in total. The molecule has 1 aromatic carbocycles. The summed E-state index contributed by atoms with van der Waals surface area (Å²) in [6, 6.07) is 4.19. The van der Waals surface area contributed by atoms with E-state index < -0.39 is 4.92 Å². The third-order valence-electron chi connectivity index (χ3n) is 3.97. The summed E-state index contributed by atoms with van der Waals surface area (Å²) < 4.78 is 5.05. The van der Waals surface area contributed by atoms with Crippen molar-refractivity contribution in [3.05, 3.63) is 33.9 Å². The summed E-state index contributed by atoms with van der Waals surface area (Å²) in [4.78, 5) is 24.7. The zero-order valence-corrected chi connectivity index (χ0v) is 12.2. The SMILES string of the molecule is COc1ccc([N+](=O)[O-])c(C(=O)N2CCC(C)(CN)C2)c1. The molecule has 0 saturated carbocycles. The van der Waals surface area contributed by atoms with Gasteiger partial charge in [0.15, 0.2) is 0 Å². The van der Waals surface area contributed by atoms with Crippen molar-refractivity contribution in [2.24, 2.45) is 11.1 Å². The molecular weight excluding hydrogens is 274 g/mol. The van der Waals surface area contributed by atoms with Crippen LogP contribution in [0.5, 0.6) is 5.75 Å². The minimum atomic E-state index is -0.551. The molecule has 7 nitrogen and oxygen atoms in total. The third kappa shape index (κ3) is 2.97. The van der Waals surface area contributed by atoms with E-state index in [2.05, 4.69) is 0 Å². The number of nitrogens with two attached hydrogens (primary N) is 1. The molecule has 1 saturated heterocycles. The van der Waals surface area contributed by atoms with Gasteiger partial charge in [0, 0.05) is 19.2 Å². The van der Waals surface area contributed by atoms with E-state index in [0.717, 1.165) is 6.42 Å². The molecule has 1 aromatic rings. The average Bonchev–Trinajstić information content (AvgIpc) is 2.89. The monoisotopic (exact) mass is 293 g/mol. The predicted octanol–water partition coefficient (Wildman–Crippen LogP) is 1.41. The minimum Gasteiger partial charge on any atom is -0.497 e. The molecule has 21 heavy (non-hydrogen) atoms. The Balaban J connectivity index is 2.32. The Morgan fingerprint density at radius 1 is 1.57 bits per heavy atom. The van der Waals surface area contributed by atoms with E-state index in [-0.39, 0.29) is 22.6 Å². The van der Waals surface area contributed by atoms with Crippen LogP contribution in [0.1, 0.15) is 23.7 Å². The Kier molecular flexibility index (Phi) is 4.13. The predicted molar refractivity (Wildman–Crippen MR) is 77.3 cm³/mol. The van der Waals surface area contributed by atoms with Crippen molar-refractivity contribution in [3.63, 3.8) is 0 Å². The van der Waals surface area contributed by atoms with Crippen LogP contribution in [-0.4, -0.2) is 42.5 Å². The first kappa shape index (κ1) is 15.2. The van der Waals surface area contributed by atoms with Crippen molar-refractivity contribution in [2.45, 2.75) is 13.3 Å². The molecule has 0 spiro atoms. The smallest absolute Gasteiger partial charge is 0.282 e. The Hall–Kier alpha value is -2.15. The van der Waals surface area contributed by atoms with Crippen molar-refractivity contribution >= 4 is 11.6 Å². The summed E-state index contributed by atoms with van der Waals surface area (Å²) in [6.07, 6.45) is 0.799. The Morgan fingerprint density at radius 3 is 2.81 bits per heavy atom. The number of amides is 1. The van der Waals surface area contributed by atoms with E-state index in [1.165, 1.54) is 25.3 Å². The van der Waals surface area contributed by atoms with Crippen LogP contribution in [0.4, 0.5) is 5.69 Å². The van der Waals surface area contributed by atoms with Crippen molar-refractivity contribution in [1.82, 2.24) is 4.90 Å². The first-order valence-electron chi connectivity index (χ1n) is 6.72. The summed E-state index contributed by atoms with van der Waals surface area (Å²) in [6.45, 7) is 3.56. The van der Waals surface area contributed by atoms with Crippen molar-refractivity contribution in [3.8, 4) is 5.75 Å². The van der Waals surface area contributed by atoms with Gasteiger partial charge in [-0.25, -0.2) is 0 Å². The summed E-state index contributed by atoms with van der Waals surface area (Å²) in [5.41, 5.74) is 5.45. The van der Waals surface area contributed by atoms with Crippen LogP contribution in [0.25, 0.3) is 0 Å². The highest BCUT2D eigenvalue weighted by molar-refractivity contribution is 5.98. The van der Waals surface area contributed by atoms with Crippen molar-refractivity contribution in [2.75, 3.05) is 26.7 Å². The zero-order valence-electron chi connectivity index (χ0n) is 12.2. The molecule has 2 rings (SSSR count). The lowest BCUT2D eigenvalue weighted by molar-refractivity contribution is -0.385. The highest BCUT2D eigenvalue weighted by atomic mass is 16.6. The first-order chi connectivity index (χ1) is 9.90. The molecule has 1 aliphatic rings. The molecule has 1 atom stereocenters. The number of benzene rings is 1. The molecular formula is C14H19N3O4. The van der Waals surface area contributed by atoms with E-state index in [4.69, 9.17) is 10.5 Å². The van der Waals surface area contributed by atoms with Gasteiger partial charge in [0.2, 0.25) is 0 Å². The van der Waals surface area contributed by atoms with Gasteiger partial charge in [0.25, 0.3) is 11.6 Å². The maximum Gasteiger partial charge on any atom is 0.282 e. The van der Waals surface area contributed by atoms with Gasteiger partial charge in [0.05, 0.1) is 12.0 Å². The quantitative estimate of drug-likeness (QED) is 0.668. The Labute approximate surface area is 122 Å². The number of hydrogen-bond donors (Lipinski definition) is 1. The van der Waals surface area contributed by atoms with Gasteiger partial charge in [-0.05, 0) is 30.5 Å². The second kappa shape index (κ2) is 5.69. The van der Waals surface area contributed by atoms with Crippen LogP contribution in [0.2, 0.25) is 0 Å². The molecule has 1 amide bonds. The number of carbonyl (C=O) groups excluding carboxylic acids is 1. The highest BCUT2D eigenvalue weighted by Crippen LogP contribution is 2.32. The van der Waals surface area contributed by atoms with Crippen LogP contribution in [-0.2, 0) is 0 Å². The van der Waals surface area contributed by atoms with Crippen LogP contribution in [0.15, 0.2) is 18.2 Å². The van der Waals surface area contributed by atoms with Crippen LogP contribution >= 0.6 is 0 Å². The van der Waals surface area contributed by atoms with Gasteiger partial charge in [-0.15, -0.1) is 0 Å². The lowest BCUT2D eigenvalue weighted by Gasteiger charge is -2.22. The Bertz CT molecular complexity index is 575. The number of nitro benzene ring substituents is 1. The van der Waals surface area contributed by atoms with Gasteiger partial charge in [-0.1, -0.05) is 6.92 Å². The Morgan fingerprint density at radius 2 is 2.29 bits per heavy atom. The van der Waals surface area contributed by atoms with Gasteiger partial charge in [-0.2, -0.15) is 0 Å². The zero-order chi connectivity index (χ0) is 15.6. The molecule has 0 radical (unpaired) electrons. The standard InChI is InChI=1S/C14H19N3O4/c1-14(8-15)5-6-16(9-14)13(18)11-7-10(21-2)3-4-12(11)17(19)20/h3-4,7H,5-6,8-9,15H2,1-2H3. The number of methoxy groups -OCH3 is 1. The van der Waals surface area contributed by atoms with Crippen LogP contribution in [0.3, 0.4) is 0 Å². The lowest BCUT2D eigenvalue weighted by Crippen LogP contribution is -2.34. The largest absolute Gasteiger partial charge is 0.497 e. The number of likely N-dealkylation sites (tertiary alicyclic amines) is 1. The summed E-state index contributed by atoms with van der Waals surface area (Å²) in [5.74, 6) is 0.0718. The fraction of sp³-hybridized carbons (Fsp3) is 0.500. The molecule has 1 aliphatic heterocycles. The van der Waals surface area contributed by atoms with Gasteiger partial charge in [-0.3, -0.25) is 14.9 Å². The molecule has 0 aliphatic carbocycles. The van der Waals surface area contributed by atoms with E-state index in [9.17, 15) is 14.9 Å². The third-order valence-corrected chi connectivity index (χ3v) is 3.97. The average molecular weight is 293 g/mol. The van der Waals surface area contributed by atoms with Crippen molar-refractivity contribution < 1.29 is 14.5 Å². The normalized spacial score (nSPS) is 21.4. The topological polar surface area (TPSA) is 98.7 Å². The molecule has 1 fully saturated rings. The number of rotatable bonds is 4. The molecule has 7 heteroatoms. The summed E-state index contributed by atoms with van der Waals surface area (Å²) >= 11 is 0. The number of ether oxygens (including phenoxy) is 1. The van der Waals surface area contributed by atoms with Crippen LogP contribution < -0.4 is 10.5 Å². The summed E-state index contributed by atoms with van der Waals surface area (Å²) in [7, 11) is 1.46. The number of carbonyl (C=O) groups is 1. The lowest BCUT2D eigenvalue weighted by atomic mass is 9.90. The second-order valence-electron chi connectivity index (χ2n) is 5.63. The maximum atomic E-state index is 12.6. The van der Waals surface area contributed by atoms with E-state index in [1.54, 1.807) is 4.90 Å². The molecule has 0 bridgehead atoms. The van der Waals surface area contributed by atoms with Gasteiger partial charge in [0.1, 0.15) is 11.3 Å². The second-order valence-corrected chi connectivity index (χ2v) is 5.63. The van der Waals surface area contributed by atoms with Gasteiger partial charge < -0.3 is 15.4 Å². The molecule has 0 aromatic heterocycles. The maximum absolute atomic E-state index is 12.6. The number of nitro groups is 1. The highest BCUT2D eigenvalue weighted by Gasteiger charge is 2.37. The molecule has 1 heterocycles. The molecule has 1 unspecified atom stereocenters. The number of nitrogens with zero attached hydrogens (tertiary/aromatic N) is 2. The van der Waals surface area contributed by atoms with E-state index in [1.807, 2.05) is 6.92 Å². The fourth-order valence-corrected chi connectivity index (χ4v) is 2.51. The summed E-state index contributed by atoms with van der Waals surface area (Å²) in [5, 5.41) is 11.1. The van der Waals surface area contributed by atoms with E-state index >= 15 is 0 Å². The van der Waals surface area contributed by atoms with Gasteiger partial charge >= 0.3 is 0 Å². The van der Waals surface area contributed by atoms with E-state index in [0.29, 0.717) is 25.4 Å². The minimum absolute atomic E-state index is 0.0561. The van der Waals surface area contributed by atoms with Crippen LogP contribution in [0, 0.1) is 15.5 Å². The number of hydrogen-bond acceptors (Lipinski definition) is 5. The van der Waals surface area contributed by atoms with Crippen molar-refractivity contribution in [1.29, 1.82) is 0 Å².